The maximum Gasteiger partial charge on any atom is 0.232 e. The molecule has 2 heteroatoms. The van der Waals surface area contributed by atoms with Crippen molar-refractivity contribution in [2.75, 3.05) is 7.05 Å². The predicted octanol–water partition coefficient (Wildman–Crippen LogP) is 1.78. The molecular weight excluding hydrogens is 138 g/mol. The van der Waals surface area contributed by atoms with E-state index in [1.165, 1.54) is 0 Å². The molecule has 0 unspecified atom stereocenters. The minimum absolute atomic E-state index is 0.185. The normalized spacial score (nSPS) is 24.1. The van der Waals surface area contributed by atoms with Crippen LogP contribution in [0.5, 0.6) is 0 Å². The van der Waals surface area contributed by atoms with Gasteiger partial charge in [-0.15, -0.1) is 0 Å². The Hall–Kier alpha value is -0.790. The number of hydrogen-bond donors (Lipinski definition) is 0. The average molecular weight is 153 g/mol. The second-order valence-corrected chi connectivity index (χ2v) is 3.81. The van der Waals surface area contributed by atoms with Gasteiger partial charge in [0, 0.05) is 18.2 Å². The van der Waals surface area contributed by atoms with E-state index in [4.69, 9.17) is 0 Å². The molecule has 1 fully saturated rings. The topological polar surface area (TPSA) is 20.3 Å². The van der Waals surface area contributed by atoms with Crippen LogP contribution in [0.25, 0.3) is 0 Å². The maximum absolute atomic E-state index is 11.5. The fraction of sp³-hybridized carbons (Fsp3) is 0.667. The van der Waals surface area contributed by atoms with Gasteiger partial charge < -0.3 is 4.90 Å². The molecule has 1 aliphatic heterocycles. The lowest BCUT2D eigenvalue weighted by Crippen LogP contribution is -2.41. The molecule has 0 aromatic heterocycles. The van der Waals surface area contributed by atoms with E-state index in [-0.39, 0.29) is 11.3 Å². The Morgan fingerprint density at radius 2 is 2.09 bits per heavy atom. The van der Waals surface area contributed by atoms with Crippen LogP contribution in [0.2, 0.25) is 0 Å². The Balaban J connectivity index is 2.84. The fourth-order valence-corrected chi connectivity index (χ4v) is 1.33. The van der Waals surface area contributed by atoms with Crippen LogP contribution in [-0.4, -0.2) is 17.9 Å². The van der Waals surface area contributed by atoms with Crippen molar-refractivity contribution in [3.05, 3.63) is 12.3 Å². The monoisotopic (exact) mass is 153 g/mol. The zero-order valence-corrected chi connectivity index (χ0v) is 7.48. The second kappa shape index (κ2) is 2.36. The summed E-state index contributed by atoms with van der Waals surface area (Å²) >= 11 is 0. The zero-order valence-electron chi connectivity index (χ0n) is 7.48. The van der Waals surface area contributed by atoms with E-state index < -0.39 is 0 Å². The number of carbonyl (C=O) groups excluding carboxylic acids is 1. The molecule has 1 aliphatic rings. The van der Waals surface area contributed by atoms with Gasteiger partial charge in [0.2, 0.25) is 5.91 Å². The largest absolute Gasteiger partial charge is 0.319 e. The van der Waals surface area contributed by atoms with E-state index >= 15 is 0 Å². The quantitative estimate of drug-likeness (QED) is 0.519. The summed E-state index contributed by atoms with van der Waals surface area (Å²) in [6.07, 6.45) is 1.87. The third kappa shape index (κ3) is 1.30. The van der Waals surface area contributed by atoms with Crippen molar-refractivity contribution in [3.8, 4) is 0 Å². The van der Waals surface area contributed by atoms with Crippen LogP contribution in [0.15, 0.2) is 12.3 Å². The Morgan fingerprint density at radius 3 is 2.55 bits per heavy atom. The Bertz CT molecular complexity index is 206. The van der Waals surface area contributed by atoms with Gasteiger partial charge in [-0.2, -0.15) is 0 Å². The molecule has 1 heterocycles. The third-order valence-corrected chi connectivity index (χ3v) is 2.40. The number of carbonyl (C=O) groups is 1. The Labute approximate surface area is 67.9 Å². The van der Waals surface area contributed by atoms with Crippen molar-refractivity contribution in [1.82, 2.24) is 4.90 Å². The molecule has 0 aromatic rings. The molecule has 0 atom stereocenters. The minimum atomic E-state index is -0.185. The number of rotatable bonds is 0. The van der Waals surface area contributed by atoms with Gasteiger partial charge in [-0.3, -0.25) is 4.79 Å². The summed E-state index contributed by atoms with van der Waals surface area (Å²) in [7, 11) is 1.80. The van der Waals surface area contributed by atoms with Crippen molar-refractivity contribution in [1.29, 1.82) is 0 Å². The lowest BCUT2D eigenvalue weighted by atomic mass is 9.82. The highest BCUT2D eigenvalue weighted by molar-refractivity contribution is 5.84. The lowest BCUT2D eigenvalue weighted by Gasteiger charge is -2.36. The number of amides is 1. The Morgan fingerprint density at radius 1 is 1.55 bits per heavy atom. The number of likely N-dealkylation sites (tertiary alicyclic amines) is 1. The fourth-order valence-electron chi connectivity index (χ4n) is 1.33. The lowest BCUT2D eigenvalue weighted by molar-refractivity contribution is -0.139. The van der Waals surface area contributed by atoms with Crippen molar-refractivity contribution in [3.63, 3.8) is 0 Å². The molecule has 0 aromatic carbocycles. The minimum Gasteiger partial charge on any atom is -0.319 e. The molecule has 62 valence electrons. The van der Waals surface area contributed by atoms with E-state index in [9.17, 15) is 4.79 Å². The van der Waals surface area contributed by atoms with Crippen molar-refractivity contribution in [2.45, 2.75) is 26.7 Å². The van der Waals surface area contributed by atoms with Gasteiger partial charge in [-0.05, 0) is 12.8 Å². The molecule has 1 amide bonds. The summed E-state index contributed by atoms with van der Waals surface area (Å²) in [5.74, 6) is 0.189. The van der Waals surface area contributed by atoms with Crippen molar-refractivity contribution < 1.29 is 4.79 Å². The van der Waals surface area contributed by atoms with Gasteiger partial charge >= 0.3 is 0 Å². The highest BCUT2D eigenvalue weighted by Crippen LogP contribution is 2.33. The first-order chi connectivity index (χ1) is 4.95. The Kier molecular flexibility index (Phi) is 1.78. The van der Waals surface area contributed by atoms with Gasteiger partial charge in [-0.25, -0.2) is 0 Å². The standard InChI is InChI=1S/C9H15NO/c1-7-5-6-9(2,3)8(11)10(7)4/h1,5-6H2,2-4H3. The summed E-state index contributed by atoms with van der Waals surface area (Å²) < 4.78 is 0. The molecule has 0 N–H and O–H groups in total. The number of allylic oxidation sites excluding steroid dienone is 1. The van der Waals surface area contributed by atoms with E-state index in [1.54, 1.807) is 11.9 Å². The first-order valence-electron chi connectivity index (χ1n) is 3.91. The maximum atomic E-state index is 11.5. The van der Waals surface area contributed by atoms with Crippen LogP contribution in [0, 0.1) is 5.41 Å². The second-order valence-electron chi connectivity index (χ2n) is 3.81. The first kappa shape index (κ1) is 8.31. The summed E-state index contributed by atoms with van der Waals surface area (Å²) in [6.45, 7) is 7.79. The van der Waals surface area contributed by atoms with E-state index in [0.29, 0.717) is 0 Å². The van der Waals surface area contributed by atoms with Crippen LogP contribution >= 0.6 is 0 Å². The highest BCUT2D eigenvalue weighted by atomic mass is 16.2. The van der Waals surface area contributed by atoms with Crippen molar-refractivity contribution >= 4 is 5.91 Å². The highest BCUT2D eigenvalue weighted by Gasteiger charge is 2.35. The smallest absolute Gasteiger partial charge is 0.232 e. The van der Waals surface area contributed by atoms with Gasteiger partial charge in [0.15, 0.2) is 0 Å². The third-order valence-electron chi connectivity index (χ3n) is 2.40. The number of piperidine rings is 1. The van der Waals surface area contributed by atoms with Gasteiger partial charge in [-0.1, -0.05) is 20.4 Å². The molecule has 0 aliphatic carbocycles. The first-order valence-corrected chi connectivity index (χ1v) is 3.91. The van der Waals surface area contributed by atoms with Gasteiger partial charge in [0.1, 0.15) is 0 Å². The molecule has 0 bridgehead atoms. The molecule has 2 nitrogen and oxygen atoms in total. The SMILES string of the molecule is C=C1CCC(C)(C)C(=O)N1C. The number of hydrogen-bond acceptors (Lipinski definition) is 1. The van der Waals surface area contributed by atoms with Crippen molar-refractivity contribution in [2.24, 2.45) is 5.41 Å². The molecule has 0 saturated carbocycles. The van der Waals surface area contributed by atoms with E-state index in [1.807, 2.05) is 13.8 Å². The molecular formula is C9H15NO. The van der Waals surface area contributed by atoms with Gasteiger partial charge in [0.05, 0.1) is 0 Å². The molecule has 0 spiro atoms. The van der Waals surface area contributed by atoms with Gasteiger partial charge in [0.25, 0.3) is 0 Å². The molecule has 1 rings (SSSR count). The number of nitrogens with zero attached hydrogens (tertiary/aromatic N) is 1. The van der Waals surface area contributed by atoms with E-state index in [2.05, 4.69) is 6.58 Å². The van der Waals surface area contributed by atoms with Crippen LogP contribution in [0.1, 0.15) is 26.7 Å². The van der Waals surface area contributed by atoms with Crippen LogP contribution in [-0.2, 0) is 4.79 Å². The average Bonchev–Trinajstić information content (AvgIpc) is 1.95. The van der Waals surface area contributed by atoms with Crippen LogP contribution in [0.3, 0.4) is 0 Å². The summed E-state index contributed by atoms with van der Waals surface area (Å²) in [6, 6.07) is 0. The molecule has 1 saturated heterocycles. The summed E-state index contributed by atoms with van der Waals surface area (Å²) in [5, 5.41) is 0. The predicted molar refractivity (Wildman–Crippen MR) is 44.9 cm³/mol. The molecule has 0 radical (unpaired) electrons. The zero-order chi connectivity index (χ0) is 8.65. The van der Waals surface area contributed by atoms with E-state index in [0.717, 1.165) is 18.5 Å². The van der Waals surface area contributed by atoms with Crippen LogP contribution < -0.4 is 0 Å². The van der Waals surface area contributed by atoms with Crippen LogP contribution in [0.4, 0.5) is 0 Å². The summed E-state index contributed by atoms with van der Waals surface area (Å²) in [5.41, 5.74) is 0.755. The molecule has 11 heavy (non-hydrogen) atoms. The summed E-state index contributed by atoms with van der Waals surface area (Å²) in [4.78, 5) is 13.2.